The molecule has 3 rings (SSSR count). The van der Waals surface area contributed by atoms with Crippen LogP contribution in [0.25, 0.3) is 0 Å². The summed E-state index contributed by atoms with van der Waals surface area (Å²) in [6, 6.07) is 4.33. The SMILES string of the molecule is CC(c1cccnc1)N1CC(N2C(=O)CCC2=O)C1. The first-order chi connectivity index (χ1) is 9.16. The molecule has 19 heavy (non-hydrogen) atoms. The minimum Gasteiger partial charge on any atom is -0.292 e. The highest BCUT2D eigenvalue weighted by Gasteiger charge is 2.42. The van der Waals surface area contributed by atoms with Crippen LogP contribution in [0.5, 0.6) is 0 Å². The van der Waals surface area contributed by atoms with E-state index in [9.17, 15) is 9.59 Å². The van der Waals surface area contributed by atoms with Crippen LogP contribution in [-0.2, 0) is 9.59 Å². The van der Waals surface area contributed by atoms with Gasteiger partial charge in [-0.3, -0.25) is 24.4 Å². The Morgan fingerprint density at radius 2 is 1.95 bits per heavy atom. The quantitative estimate of drug-likeness (QED) is 0.759. The molecule has 3 heterocycles. The van der Waals surface area contributed by atoms with Gasteiger partial charge in [-0.25, -0.2) is 0 Å². The third kappa shape index (κ3) is 2.14. The lowest BCUT2D eigenvalue weighted by atomic mass is 10.0. The van der Waals surface area contributed by atoms with Gasteiger partial charge in [0.05, 0.1) is 6.04 Å². The maximum Gasteiger partial charge on any atom is 0.230 e. The Morgan fingerprint density at radius 1 is 1.26 bits per heavy atom. The highest BCUT2D eigenvalue weighted by atomic mass is 16.2. The first-order valence-corrected chi connectivity index (χ1v) is 6.65. The molecule has 0 saturated carbocycles. The monoisotopic (exact) mass is 259 g/mol. The molecule has 0 aromatic carbocycles. The molecule has 0 spiro atoms. The number of hydrogen-bond donors (Lipinski definition) is 0. The van der Waals surface area contributed by atoms with Crippen LogP contribution in [0.2, 0.25) is 0 Å². The summed E-state index contributed by atoms with van der Waals surface area (Å²) in [5.41, 5.74) is 1.17. The van der Waals surface area contributed by atoms with Gasteiger partial charge in [-0.15, -0.1) is 0 Å². The van der Waals surface area contributed by atoms with E-state index in [2.05, 4.69) is 22.9 Å². The van der Waals surface area contributed by atoms with Gasteiger partial charge in [0.1, 0.15) is 0 Å². The Morgan fingerprint density at radius 3 is 2.53 bits per heavy atom. The van der Waals surface area contributed by atoms with Crippen LogP contribution in [0.1, 0.15) is 31.4 Å². The third-order valence-electron chi connectivity index (χ3n) is 4.06. The number of nitrogens with zero attached hydrogens (tertiary/aromatic N) is 3. The van der Waals surface area contributed by atoms with Crippen molar-refractivity contribution < 1.29 is 9.59 Å². The summed E-state index contributed by atoms with van der Waals surface area (Å²) in [4.78, 5) is 31.1. The molecule has 2 amide bonds. The number of likely N-dealkylation sites (tertiary alicyclic amines) is 2. The van der Waals surface area contributed by atoms with E-state index in [0.717, 1.165) is 13.1 Å². The van der Waals surface area contributed by atoms with Crippen molar-refractivity contribution in [3.05, 3.63) is 30.1 Å². The summed E-state index contributed by atoms with van der Waals surface area (Å²) >= 11 is 0. The van der Waals surface area contributed by atoms with E-state index in [1.54, 1.807) is 6.20 Å². The van der Waals surface area contributed by atoms with Gasteiger partial charge in [-0.05, 0) is 18.6 Å². The molecule has 1 aromatic rings. The number of pyridine rings is 1. The van der Waals surface area contributed by atoms with E-state index in [-0.39, 0.29) is 23.9 Å². The predicted molar refractivity (Wildman–Crippen MR) is 69.1 cm³/mol. The molecule has 5 nitrogen and oxygen atoms in total. The Labute approximate surface area is 112 Å². The average molecular weight is 259 g/mol. The van der Waals surface area contributed by atoms with E-state index in [4.69, 9.17) is 0 Å². The predicted octanol–water partition coefficient (Wildman–Crippen LogP) is 0.976. The third-order valence-corrected chi connectivity index (χ3v) is 4.06. The maximum absolute atomic E-state index is 11.6. The Bertz CT molecular complexity index is 481. The van der Waals surface area contributed by atoms with Crippen LogP contribution in [0.4, 0.5) is 0 Å². The van der Waals surface area contributed by atoms with Crippen LogP contribution < -0.4 is 0 Å². The van der Waals surface area contributed by atoms with E-state index in [0.29, 0.717) is 12.8 Å². The number of aromatic nitrogens is 1. The molecule has 1 atom stereocenters. The van der Waals surface area contributed by atoms with Gasteiger partial charge in [-0.1, -0.05) is 6.07 Å². The zero-order chi connectivity index (χ0) is 13.4. The smallest absolute Gasteiger partial charge is 0.230 e. The molecule has 2 aliphatic rings. The lowest BCUT2D eigenvalue weighted by Gasteiger charge is -2.46. The fraction of sp³-hybridized carbons (Fsp3) is 0.500. The van der Waals surface area contributed by atoms with Crippen molar-refractivity contribution in [1.82, 2.24) is 14.8 Å². The standard InChI is InChI=1S/C14H17N3O2/c1-10(11-3-2-6-15-7-11)16-8-12(9-16)17-13(18)4-5-14(17)19/h2-3,6-7,10,12H,4-5,8-9H2,1H3. The number of carbonyl (C=O) groups is 2. The van der Waals surface area contributed by atoms with Gasteiger partial charge < -0.3 is 0 Å². The van der Waals surface area contributed by atoms with Gasteiger partial charge in [0.15, 0.2) is 0 Å². The minimum absolute atomic E-state index is 0.0105. The zero-order valence-electron chi connectivity index (χ0n) is 11.0. The molecule has 1 aromatic heterocycles. The molecular formula is C14H17N3O2. The molecule has 0 radical (unpaired) electrons. The molecule has 0 N–H and O–H groups in total. The average Bonchev–Trinajstić information content (AvgIpc) is 2.70. The van der Waals surface area contributed by atoms with Crippen LogP contribution in [-0.4, -0.2) is 45.7 Å². The van der Waals surface area contributed by atoms with E-state index >= 15 is 0 Å². The number of rotatable bonds is 3. The molecule has 0 aliphatic carbocycles. The second-order valence-corrected chi connectivity index (χ2v) is 5.23. The minimum atomic E-state index is -0.0105. The lowest BCUT2D eigenvalue weighted by Crippen LogP contribution is -2.61. The highest BCUT2D eigenvalue weighted by Crippen LogP contribution is 2.29. The van der Waals surface area contributed by atoms with Crippen molar-refractivity contribution in [2.45, 2.75) is 31.8 Å². The Kier molecular flexibility index (Phi) is 3.06. The fourth-order valence-electron chi connectivity index (χ4n) is 2.80. The zero-order valence-corrected chi connectivity index (χ0v) is 11.0. The second kappa shape index (κ2) is 4.74. The fourth-order valence-corrected chi connectivity index (χ4v) is 2.80. The van der Waals surface area contributed by atoms with Crippen molar-refractivity contribution in [1.29, 1.82) is 0 Å². The summed E-state index contributed by atoms with van der Waals surface area (Å²) in [7, 11) is 0. The Balaban J connectivity index is 1.61. The van der Waals surface area contributed by atoms with Crippen LogP contribution in [0.3, 0.4) is 0 Å². The van der Waals surface area contributed by atoms with E-state index in [1.807, 2.05) is 12.3 Å². The van der Waals surface area contributed by atoms with Crippen LogP contribution in [0.15, 0.2) is 24.5 Å². The number of hydrogen-bond acceptors (Lipinski definition) is 4. The van der Waals surface area contributed by atoms with Crippen LogP contribution in [0, 0.1) is 0 Å². The summed E-state index contributed by atoms with van der Waals surface area (Å²) in [6.07, 6.45) is 4.39. The van der Waals surface area contributed by atoms with Crippen molar-refractivity contribution in [2.24, 2.45) is 0 Å². The maximum atomic E-state index is 11.6. The molecular weight excluding hydrogens is 242 g/mol. The van der Waals surface area contributed by atoms with Gasteiger partial charge in [0.25, 0.3) is 0 Å². The summed E-state index contributed by atoms with van der Waals surface area (Å²) in [5, 5.41) is 0. The lowest BCUT2D eigenvalue weighted by molar-refractivity contribution is -0.145. The van der Waals surface area contributed by atoms with Crippen molar-refractivity contribution >= 4 is 11.8 Å². The number of amides is 2. The van der Waals surface area contributed by atoms with Crippen molar-refractivity contribution in [3.8, 4) is 0 Å². The molecule has 5 heteroatoms. The van der Waals surface area contributed by atoms with E-state index in [1.165, 1.54) is 10.5 Å². The van der Waals surface area contributed by atoms with Gasteiger partial charge >= 0.3 is 0 Å². The molecule has 2 fully saturated rings. The molecule has 2 saturated heterocycles. The highest BCUT2D eigenvalue weighted by molar-refractivity contribution is 6.02. The van der Waals surface area contributed by atoms with Crippen LogP contribution >= 0.6 is 0 Å². The molecule has 2 aliphatic heterocycles. The summed E-state index contributed by atoms with van der Waals surface area (Å²) in [5.74, 6) is -0.0210. The summed E-state index contributed by atoms with van der Waals surface area (Å²) in [6.45, 7) is 3.67. The van der Waals surface area contributed by atoms with Gasteiger partial charge in [0, 0.05) is 44.4 Å². The van der Waals surface area contributed by atoms with Gasteiger partial charge in [-0.2, -0.15) is 0 Å². The number of carbonyl (C=O) groups excluding carboxylic acids is 2. The normalized spacial score (nSPS) is 22.7. The molecule has 100 valence electrons. The summed E-state index contributed by atoms with van der Waals surface area (Å²) < 4.78 is 0. The Hall–Kier alpha value is -1.75. The topological polar surface area (TPSA) is 53.5 Å². The second-order valence-electron chi connectivity index (χ2n) is 5.23. The van der Waals surface area contributed by atoms with E-state index < -0.39 is 0 Å². The van der Waals surface area contributed by atoms with Gasteiger partial charge in [0.2, 0.25) is 11.8 Å². The van der Waals surface area contributed by atoms with Crippen molar-refractivity contribution in [3.63, 3.8) is 0 Å². The first-order valence-electron chi connectivity index (χ1n) is 6.65. The number of imide groups is 1. The first kappa shape index (κ1) is 12.3. The molecule has 1 unspecified atom stereocenters. The molecule has 0 bridgehead atoms. The largest absolute Gasteiger partial charge is 0.292 e. The van der Waals surface area contributed by atoms with Crippen molar-refractivity contribution in [2.75, 3.05) is 13.1 Å².